The van der Waals surface area contributed by atoms with Gasteiger partial charge in [-0.15, -0.1) is 0 Å². The molecule has 0 unspecified atom stereocenters. The Morgan fingerprint density at radius 1 is 1.23 bits per heavy atom. The van der Waals surface area contributed by atoms with Crippen molar-refractivity contribution in [2.45, 2.75) is 45.1 Å². The Labute approximate surface area is 186 Å². The van der Waals surface area contributed by atoms with Crippen molar-refractivity contribution in [2.24, 2.45) is 5.92 Å². The van der Waals surface area contributed by atoms with E-state index in [-0.39, 0.29) is 5.91 Å². The summed E-state index contributed by atoms with van der Waals surface area (Å²) in [6, 6.07) is 9.65. The standard InChI is InChI=1S/C24H25ClN4O2/c1-15-2-7-19(11-21(15)25)29-23(18-5-6-18)20(13-28-29)24(30)27-12-17-8-9-26-22(10-17)31-14-16-3-4-16/h2,7-11,13,16,18H,3-6,12,14H2,1H3,(H,27,30). The van der Waals surface area contributed by atoms with Crippen LogP contribution in [0.5, 0.6) is 5.88 Å². The normalized spacial score (nSPS) is 15.7. The van der Waals surface area contributed by atoms with Crippen molar-refractivity contribution >= 4 is 17.5 Å². The number of nitrogens with one attached hydrogen (secondary N) is 1. The molecule has 2 saturated carbocycles. The highest BCUT2D eigenvalue weighted by molar-refractivity contribution is 6.31. The molecule has 0 aliphatic heterocycles. The molecule has 2 heterocycles. The molecular weight excluding hydrogens is 412 g/mol. The maximum atomic E-state index is 13.0. The molecular formula is C24H25ClN4O2. The molecule has 0 bridgehead atoms. The molecule has 2 fully saturated rings. The van der Waals surface area contributed by atoms with Crippen LogP contribution in [-0.2, 0) is 6.54 Å². The van der Waals surface area contributed by atoms with Gasteiger partial charge in [-0.05, 0) is 67.9 Å². The fourth-order valence-electron chi connectivity index (χ4n) is 3.61. The maximum absolute atomic E-state index is 13.0. The van der Waals surface area contributed by atoms with Gasteiger partial charge < -0.3 is 10.1 Å². The van der Waals surface area contributed by atoms with E-state index in [0.29, 0.717) is 34.8 Å². The van der Waals surface area contributed by atoms with E-state index >= 15 is 0 Å². The minimum Gasteiger partial charge on any atom is -0.477 e. The van der Waals surface area contributed by atoms with Gasteiger partial charge in [-0.2, -0.15) is 5.10 Å². The van der Waals surface area contributed by atoms with Crippen LogP contribution in [0.3, 0.4) is 0 Å². The molecule has 1 N–H and O–H groups in total. The Kier molecular flexibility index (Phi) is 5.40. The Balaban J connectivity index is 1.31. The summed E-state index contributed by atoms with van der Waals surface area (Å²) in [5, 5.41) is 8.24. The van der Waals surface area contributed by atoms with E-state index in [1.165, 1.54) is 12.8 Å². The molecule has 0 atom stereocenters. The minimum absolute atomic E-state index is 0.122. The molecule has 1 amide bonds. The quantitative estimate of drug-likeness (QED) is 0.549. The number of pyridine rings is 1. The lowest BCUT2D eigenvalue weighted by molar-refractivity contribution is 0.0949. The maximum Gasteiger partial charge on any atom is 0.255 e. The van der Waals surface area contributed by atoms with Gasteiger partial charge in [-0.25, -0.2) is 9.67 Å². The SMILES string of the molecule is Cc1ccc(-n2ncc(C(=O)NCc3ccnc(OCC4CC4)c3)c2C2CC2)cc1Cl. The fraction of sp³-hybridized carbons (Fsp3) is 0.375. The summed E-state index contributed by atoms with van der Waals surface area (Å²) < 4.78 is 7.60. The summed E-state index contributed by atoms with van der Waals surface area (Å²) in [4.78, 5) is 17.3. The van der Waals surface area contributed by atoms with Crippen LogP contribution in [0.15, 0.2) is 42.7 Å². The first-order valence-corrected chi connectivity index (χ1v) is 11.2. The van der Waals surface area contributed by atoms with Gasteiger partial charge >= 0.3 is 0 Å². The Hall–Kier alpha value is -2.86. The molecule has 6 nitrogen and oxygen atoms in total. The van der Waals surface area contributed by atoms with Gasteiger partial charge in [0.15, 0.2) is 0 Å². The molecule has 31 heavy (non-hydrogen) atoms. The Morgan fingerprint density at radius 3 is 2.81 bits per heavy atom. The van der Waals surface area contributed by atoms with Gasteiger partial charge in [0.2, 0.25) is 5.88 Å². The number of hydrogen-bond acceptors (Lipinski definition) is 4. The van der Waals surface area contributed by atoms with Crippen LogP contribution in [0.1, 0.15) is 58.8 Å². The Bertz CT molecular complexity index is 1120. The van der Waals surface area contributed by atoms with E-state index in [4.69, 9.17) is 16.3 Å². The molecule has 0 spiro atoms. The average molecular weight is 437 g/mol. The third-order valence-electron chi connectivity index (χ3n) is 5.83. The first kappa shape index (κ1) is 20.1. The van der Waals surface area contributed by atoms with Gasteiger partial charge in [0.1, 0.15) is 0 Å². The second kappa shape index (κ2) is 8.35. The second-order valence-corrected chi connectivity index (χ2v) is 8.91. The molecule has 7 heteroatoms. The molecule has 5 rings (SSSR count). The van der Waals surface area contributed by atoms with Crippen LogP contribution in [-0.4, -0.2) is 27.3 Å². The number of nitrogens with zero attached hydrogens (tertiary/aromatic N) is 3. The molecule has 3 aromatic rings. The number of rotatable bonds is 8. The lowest BCUT2D eigenvalue weighted by Gasteiger charge is -2.11. The summed E-state index contributed by atoms with van der Waals surface area (Å²) in [5.41, 5.74) is 4.43. The zero-order valence-corrected chi connectivity index (χ0v) is 18.2. The van der Waals surface area contributed by atoms with Crippen LogP contribution in [0.25, 0.3) is 5.69 Å². The van der Waals surface area contributed by atoms with E-state index in [1.54, 1.807) is 12.4 Å². The van der Waals surface area contributed by atoms with Crippen molar-refractivity contribution in [2.75, 3.05) is 6.61 Å². The number of aryl methyl sites for hydroxylation is 1. The Morgan fingerprint density at radius 2 is 2.06 bits per heavy atom. The zero-order valence-electron chi connectivity index (χ0n) is 17.5. The second-order valence-electron chi connectivity index (χ2n) is 8.50. The molecule has 0 radical (unpaired) electrons. The van der Waals surface area contributed by atoms with Crippen LogP contribution in [0.2, 0.25) is 5.02 Å². The topological polar surface area (TPSA) is 69.0 Å². The fourth-order valence-corrected chi connectivity index (χ4v) is 3.78. The van der Waals surface area contributed by atoms with E-state index < -0.39 is 0 Å². The highest BCUT2D eigenvalue weighted by atomic mass is 35.5. The molecule has 2 aliphatic rings. The molecule has 0 saturated heterocycles. The number of amides is 1. The van der Waals surface area contributed by atoms with Gasteiger partial charge in [0, 0.05) is 29.7 Å². The summed E-state index contributed by atoms with van der Waals surface area (Å²) in [7, 11) is 0. The van der Waals surface area contributed by atoms with Crippen molar-refractivity contribution in [3.8, 4) is 11.6 Å². The first-order valence-electron chi connectivity index (χ1n) is 10.8. The lowest BCUT2D eigenvalue weighted by Crippen LogP contribution is -2.24. The third kappa shape index (κ3) is 4.59. The van der Waals surface area contributed by atoms with Crippen LogP contribution in [0.4, 0.5) is 0 Å². The molecule has 160 valence electrons. The zero-order chi connectivity index (χ0) is 21.4. The van der Waals surface area contributed by atoms with Crippen molar-refractivity contribution < 1.29 is 9.53 Å². The van der Waals surface area contributed by atoms with Gasteiger partial charge in [0.25, 0.3) is 5.91 Å². The predicted molar refractivity (Wildman–Crippen MR) is 119 cm³/mol. The number of aromatic nitrogens is 3. The molecule has 2 aromatic heterocycles. The van der Waals surface area contributed by atoms with Crippen molar-refractivity contribution in [3.05, 3.63) is 70.1 Å². The lowest BCUT2D eigenvalue weighted by atomic mass is 10.1. The number of hydrogen-bond donors (Lipinski definition) is 1. The number of halogens is 1. The third-order valence-corrected chi connectivity index (χ3v) is 6.24. The number of benzene rings is 1. The van der Waals surface area contributed by atoms with Crippen molar-refractivity contribution in [3.63, 3.8) is 0 Å². The minimum atomic E-state index is -0.122. The van der Waals surface area contributed by atoms with E-state index in [2.05, 4.69) is 15.4 Å². The predicted octanol–water partition coefficient (Wildman–Crippen LogP) is 4.83. The first-order chi connectivity index (χ1) is 15.1. The summed E-state index contributed by atoms with van der Waals surface area (Å²) in [6.45, 7) is 3.10. The van der Waals surface area contributed by atoms with Crippen molar-refractivity contribution in [1.82, 2.24) is 20.1 Å². The smallest absolute Gasteiger partial charge is 0.255 e. The van der Waals surface area contributed by atoms with E-state index in [9.17, 15) is 4.79 Å². The van der Waals surface area contributed by atoms with Gasteiger partial charge in [0.05, 0.1) is 29.7 Å². The molecule has 2 aliphatic carbocycles. The number of ether oxygens (including phenoxy) is 1. The van der Waals surface area contributed by atoms with E-state index in [0.717, 1.165) is 42.0 Å². The van der Waals surface area contributed by atoms with Crippen LogP contribution < -0.4 is 10.1 Å². The molecule has 1 aromatic carbocycles. The largest absolute Gasteiger partial charge is 0.477 e. The summed E-state index contributed by atoms with van der Waals surface area (Å²) >= 11 is 6.32. The highest BCUT2D eigenvalue weighted by Gasteiger charge is 2.33. The summed E-state index contributed by atoms with van der Waals surface area (Å²) in [5.74, 6) is 1.52. The van der Waals surface area contributed by atoms with Crippen LogP contribution >= 0.6 is 11.6 Å². The van der Waals surface area contributed by atoms with E-state index in [1.807, 2.05) is 41.9 Å². The number of carbonyl (C=O) groups excluding carboxylic acids is 1. The average Bonchev–Trinajstić information content (AvgIpc) is 3.71. The van der Waals surface area contributed by atoms with Gasteiger partial charge in [-0.1, -0.05) is 17.7 Å². The summed E-state index contributed by atoms with van der Waals surface area (Å²) in [6.07, 6.45) is 7.99. The van der Waals surface area contributed by atoms with Crippen LogP contribution in [0, 0.1) is 12.8 Å². The highest BCUT2D eigenvalue weighted by Crippen LogP contribution is 2.42. The number of carbonyl (C=O) groups is 1. The monoisotopic (exact) mass is 436 g/mol. The van der Waals surface area contributed by atoms with Gasteiger partial charge in [-0.3, -0.25) is 4.79 Å². The van der Waals surface area contributed by atoms with Crippen molar-refractivity contribution in [1.29, 1.82) is 0 Å².